The predicted molar refractivity (Wildman–Crippen MR) is 91.7 cm³/mol. The summed E-state index contributed by atoms with van der Waals surface area (Å²) in [7, 11) is 1.50. The SMILES string of the molecule is CNc1c(CO)c(CO)nc(Nc2ccc3[nH]ncc3c2)c1[N+](=O)[O-]. The summed E-state index contributed by atoms with van der Waals surface area (Å²) in [5.74, 6) is -0.0292. The summed E-state index contributed by atoms with van der Waals surface area (Å²) in [5, 5.41) is 43.7. The number of pyridine rings is 1. The number of nitrogens with zero attached hydrogens (tertiary/aromatic N) is 3. The van der Waals surface area contributed by atoms with Gasteiger partial charge < -0.3 is 20.8 Å². The Kier molecular flexibility index (Phi) is 4.46. The molecule has 10 nitrogen and oxygen atoms in total. The van der Waals surface area contributed by atoms with Gasteiger partial charge in [0.1, 0.15) is 5.69 Å². The van der Waals surface area contributed by atoms with Gasteiger partial charge in [-0.05, 0) is 18.2 Å². The second-order valence-electron chi connectivity index (χ2n) is 5.23. The van der Waals surface area contributed by atoms with Gasteiger partial charge in [-0.2, -0.15) is 5.10 Å². The minimum atomic E-state index is -0.585. The number of aromatic nitrogens is 3. The molecule has 0 atom stereocenters. The number of fused-ring (bicyclic) bond motifs is 1. The van der Waals surface area contributed by atoms with Crippen molar-refractivity contribution in [2.45, 2.75) is 13.2 Å². The second-order valence-corrected chi connectivity index (χ2v) is 5.23. The average molecular weight is 344 g/mol. The quantitative estimate of drug-likeness (QED) is 0.334. The van der Waals surface area contributed by atoms with Crippen molar-refractivity contribution < 1.29 is 15.1 Å². The summed E-state index contributed by atoms with van der Waals surface area (Å²) in [6, 6.07) is 5.27. The molecule has 0 unspecified atom stereocenters. The lowest BCUT2D eigenvalue weighted by molar-refractivity contribution is -0.383. The van der Waals surface area contributed by atoms with Crippen LogP contribution in [0.5, 0.6) is 0 Å². The van der Waals surface area contributed by atoms with Crippen LogP contribution in [0.25, 0.3) is 10.9 Å². The van der Waals surface area contributed by atoms with E-state index in [-0.39, 0.29) is 28.5 Å². The summed E-state index contributed by atoms with van der Waals surface area (Å²) in [5.41, 5.74) is 1.55. The molecule has 0 saturated carbocycles. The van der Waals surface area contributed by atoms with Crippen LogP contribution in [0.4, 0.5) is 22.9 Å². The van der Waals surface area contributed by atoms with Gasteiger partial charge in [-0.25, -0.2) is 4.98 Å². The molecule has 2 heterocycles. The van der Waals surface area contributed by atoms with E-state index in [2.05, 4.69) is 25.8 Å². The first-order chi connectivity index (χ1) is 12.1. The fourth-order valence-electron chi connectivity index (χ4n) is 2.65. The van der Waals surface area contributed by atoms with E-state index < -0.39 is 18.1 Å². The van der Waals surface area contributed by atoms with Gasteiger partial charge in [0.25, 0.3) is 0 Å². The van der Waals surface area contributed by atoms with Gasteiger partial charge in [0.05, 0.1) is 35.5 Å². The molecule has 0 aliphatic rings. The number of hydrogen-bond acceptors (Lipinski definition) is 8. The number of aromatic amines is 1. The Morgan fingerprint density at radius 2 is 2.12 bits per heavy atom. The summed E-state index contributed by atoms with van der Waals surface area (Å²) in [6.07, 6.45) is 1.63. The Bertz CT molecular complexity index is 939. The van der Waals surface area contributed by atoms with Crippen molar-refractivity contribution >= 4 is 33.8 Å². The van der Waals surface area contributed by atoms with Crippen LogP contribution < -0.4 is 10.6 Å². The highest BCUT2D eigenvalue weighted by Gasteiger charge is 2.27. The molecule has 0 aliphatic heterocycles. The molecule has 3 aromatic rings. The van der Waals surface area contributed by atoms with Gasteiger partial charge in [-0.1, -0.05) is 0 Å². The highest BCUT2D eigenvalue weighted by atomic mass is 16.6. The molecule has 1 aromatic carbocycles. The van der Waals surface area contributed by atoms with Crippen LogP contribution in [-0.4, -0.2) is 37.4 Å². The topological polar surface area (TPSA) is 149 Å². The van der Waals surface area contributed by atoms with E-state index in [1.54, 1.807) is 24.4 Å². The molecule has 0 aliphatic carbocycles. The summed E-state index contributed by atoms with van der Waals surface area (Å²) >= 11 is 0. The highest BCUT2D eigenvalue weighted by Crippen LogP contribution is 2.37. The molecule has 0 saturated heterocycles. The van der Waals surface area contributed by atoms with Gasteiger partial charge in [0.15, 0.2) is 0 Å². The van der Waals surface area contributed by atoms with Crippen LogP contribution in [0, 0.1) is 10.1 Å². The van der Waals surface area contributed by atoms with E-state index in [1.165, 1.54) is 7.05 Å². The molecule has 0 fully saturated rings. The third-order valence-electron chi connectivity index (χ3n) is 3.80. The minimum Gasteiger partial charge on any atom is -0.392 e. The number of rotatable bonds is 6. The monoisotopic (exact) mass is 344 g/mol. The lowest BCUT2D eigenvalue weighted by Gasteiger charge is -2.15. The largest absolute Gasteiger partial charge is 0.392 e. The number of aliphatic hydroxyl groups is 2. The average Bonchev–Trinajstić information content (AvgIpc) is 3.07. The van der Waals surface area contributed by atoms with Crippen LogP contribution in [0.1, 0.15) is 11.3 Å². The molecule has 0 bridgehead atoms. The van der Waals surface area contributed by atoms with Gasteiger partial charge in [0.2, 0.25) is 5.82 Å². The van der Waals surface area contributed by atoms with Crippen molar-refractivity contribution in [1.82, 2.24) is 15.2 Å². The lowest BCUT2D eigenvalue weighted by Crippen LogP contribution is -2.11. The summed E-state index contributed by atoms with van der Waals surface area (Å²) < 4.78 is 0. The highest BCUT2D eigenvalue weighted by molar-refractivity contribution is 5.85. The number of nitrogens with one attached hydrogen (secondary N) is 3. The number of aliphatic hydroxyl groups excluding tert-OH is 2. The maximum absolute atomic E-state index is 11.6. The standard InChI is InChI=1S/C15H16N6O4/c1-16-13-10(6-22)12(7-23)19-15(14(13)21(24)25)18-9-2-3-11-8(4-9)5-17-20-11/h2-5,22-23H,6-7H2,1H3,(H,17,20)(H2,16,18,19). The van der Waals surface area contributed by atoms with Crippen molar-refractivity contribution in [2.75, 3.05) is 17.7 Å². The van der Waals surface area contributed by atoms with E-state index in [0.717, 1.165) is 10.9 Å². The van der Waals surface area contributed by atoms with Crippen molar-refractivity contribution in [3.05, 3.63) is 45.8 Å². The third kappa shape index (κ3) is 2.95. The first kappa shape index (κ1) is 16.6. The zero-order chi connectivity index (χ0) is 18.0. The molecular weight excluding hydrogens is 328 g/mol. The number of benzene rings is 1. The smallest absolute Gasteiger partial charge is 0.334 e. The van der Waals surface area contributed by atoms with Gasteiger partial charge in [-0.3, -0.25) is 15.2 Å². The zero-order valence-corrected chi connectivity index (χ0v) is 13.3. The number of hydrogen-bond donors (Lipinski definition) is 5. The van der Waals surface area contributed by atoms with Crippen molar-refractivity contribution in [2.24, 2.45) is 0 Å². The Labute approximate surface area is 141 Å². The zero-order valence-electron chi connectivity index (χ0n) is 13.3. The van der Waals surface area contributed by atoms with Crippen molar-refractivity contribution in [1.29, 1.82) is 0 Å². The van der Waals surface area contributed by atoms with Gasteiger partial charge >= 0.3 is 5.69 Å². The first-order valence-electron chi connectivity index (χ1n) is 7.38. The van der Waals surface area contributed by atoms with Crippen LogP contribution in [0.2, 0.25) is 0 Å². The predicted octanol–water partition coefficient (Wildman–Crippen LogP) is 1.64. The van der Waals surface area contributed by atoms with Crippen molar-refractivity contribution in [3.8, 4) is 0 Å². The Morgan fingerprint density at radius 1 is 1.32 bits per heavy atom. The summed E-state index contributed by atoms with van der Waals surface area (Å²) in [4.78, 5) is 15.1. The second kappa shape index (κ2) is 6.71. The maximum Gasteiger partial charge on any atom is 0.334 e. The molecular formula is C15H16N6O4. The van der Waals surface area contributed by atoms with Gasteiger partial charge in [-0.15, -0.1) is 0 Å². The van der Waals surface area contributed by atoms with E-state index in [0.29, 0.717) is 5.69 Å². The number of nitro groups is 1. The normalized spacial score (nSPS) is 10.8. The van der Waals surface area contributed by atoms with Crippen LogP contribution >= 0.6 is 0 Å². The lowest BCUT2D eigenvalue weighted by atomic mass is 10.1. The molecule has 0 amide bonds. The Balaban J connectivity index is 2.14. The Hall–Kier alpha value is -3.24. The van der Waals surface area contributed by atoms with E-state index in [1.807, 2.05) is 0 Å². The minimum absolute atomic E-state index is 0.0292. The molecule has 25 heavy (non-hydrogen) atoms. The van der Waals surface area contributed by atoms with Gasteiger partial charge in [0, 0.05) is 23.7 Å². The third-order valence-corrected chi connectivity index (χ3v) is 3.80. The fraction of sp³-hybridized carbons (Fsp3) is 0.200. The Morgan fingerprint density at radius 3 is 2.76 bits per heavy atom. The molecule has 0 spiro atoms. The molecule has 130 valence electrons. The first-order valence-corrected chi connectivity index (χ1v) is 7.38. The molecule has 3 rings (SSSR count). The van der Waals surface area contributed by atoms with Crippen LogP contribution in [0.15, 0.2) is 24.4 Å². The van der Waals surface area contributed by atoms with Crippen LogP contribution in [0.3, 0.4) is 0 Å². The van der Waals surface area contributed by atoms with E-state index in [9.17, 15) is 20.3 Å². The number of anilines is 3. The van der Waals surface area contributed by atoms with Crippen LogP contribution in [-0.2, 0) is 13.2 Å². The summed E-state index contributed by atoms with van der Waals surface area (Å²) in [6.45, 7) is -0.945. The van der Waals surface area contributed by atoms with Crippen molar-refractivity contribution in [3.63, 3.8) is 0 Å². The molecule has 0 radical (unpaired) electrons. The fourth-order valence-corrected chi connectivity index (χ4v) is 2.65. The van der Waals surface area contributed by atoms with E-state index >= 15 is 0 Å². The van der Waals surface area contributed by atoms with E-state index in [4.69, 9.17) is 0 Å². The molecule has 5 N–H and O–H groups in total. The number of H-pyrrole nitrogens is 1. The molecule has 2 aromatic heterocycles. The molecule has 10 heteroatoms. The maximum atomic E-state index is 11.6.